The van der Waals surface area contributed by atoms with Crippen molar-refractivity contribution in [3.63, 3.8) is 0 Å². The highest BCUT2D eigenvalue weighted by molar-refractivity contribution is 7.99. The lowest BCUT2D eigenvalue weighted by molar-refractivity contribution is 0.318. The topological polar surface area (TPSA) is 122 Å². The number of nitrogens with one attached hydrogen (secondary N) is 1. The van der Waals surface area contributed by atoms with Crippen LogP contribution in [0.15, 0.2) is 38.5 Å². The summed E-state index contributed by atoms with van der Waals surface area (Å²) in [7, 11) is 0. The van der Waals surface area contributed by atoms with Crippen LogP contribution in [0.4, 0.5) is 0 Å². The van der Waals surface area contributed by atoms with E-state index in [4.69, 9.17) is 10.9 Å². The van der Waals surface area contributed by atoms with E-state index in [0.717, 1.165) is 0 Å². The second-order valence-electron chi connectivity index (χ2n) is 4.25. The lowest BCUT2D eigenvalue weighted by atomic mass is 10.2. The first-order valence-electron chi connectivity index (χ1n) is 5.81. The zero-order valence-corrected chi connectivity index (χ0v) is 11.8. The van der Waals surface area contributed by atoms with E-state index < -0.39 is 0 Å². The molecule has 0 atom stereocenters. The van der Waals surface area contributed by atoms with E-state index in [1.807, 2.05) is 13.8 Å². The highest BCUT2D eigenvalue weighted by Gasteiger charge is 2.13. The van der Waals surface area contributed by atoms with Crippen LogP contribution < -0.4 is 11.4 Å². The Bertz CT molecular complexity index is 690. The number of pyridine rings is 1. The summed E-state index contributed by atoms with van der Waals surface area (Å²) in [5.74, 6) is -0.00229. The number of amidine groups is 1. The van der Waals surface area contributed by atoms with Crippen molar-refractivity contribution in [3.05, 3.63) is 34.4 Å². The van der Waals surface area contributed by atoms with Gasteiger partial charge in [0.2, 0.25) is 0 Å². The van der Waals surface area contributed by atoms with Gasteiger partial charge in [0.15, 0.2) is 11.0 Å². The fraction of sp³-hybridized carbons (Fsp3) is 0.273. The number of hydrogen-bond donors (Lipinski definition) is 3. The highest BCUT2D eigenvalue weighted by Crippen LogP contribution is 2.25. The highest BCUT2D eigenvalue weighted by atomic mass is 32.2. The molecule has 2 aromatic rings. The summed E-state index contributed by atoms with van der Waals surface area (Å²) in [6.45, 7) is 3.78. The predicted molar refractivity (Wildman–Crippen MR) is 74.1 cm³/mol. The lowest BCUT2D eigenvalue weighted by Gasteiger charge is -2.08. The Morgan fingerprint density at radius 2 is 2.35 bits per heavy atom. The van der Waals surface area contributed by atoms with Crippen LogP contribution in [-0.4, -0.2) is 30.8 Å². The Balaban J connectivity index is 2.34. The minimum absolute atomic E-state index is 0.00229. The smallest absolute Gasteiger partial charge is 0.344 e. The summed E-state index contributed by atoms with van der Waals surface area (Å²) in [5.41, 5.74) is 5.80. The van der Waals surface area contributed by atoms with Crippen LogP contribution in [0.1, 0.15) is 25.5 Å². The summed E-state index contributed by atoms with van der Waals surface area (Å²) in [4.78, 5) is 15.8. The number of H-pyrrole nitrogens is 1. The first kappa shape index (κ1) is 14.1. The molecule has 0 radical (unpaired) electrons. The van der Waals surface area contributed by atoms with Crippen molar-refractivity contribution in [3.8, 4) is 0 Å². The van der Waals surface area contributed by atoms with Crippen molar-refractivity contribution in [1.29, 1.82) is 0 Å². The molecule has 0 saturated carbocycles. The summed E-state index contributed by atoms with van der Waals surface area (Å²) in [6, 6.07) is 3.26. The molecular weight excluding hydrogens is 280 g/mol. The Morgan fingerprint density at radius 1 is 1.60 bits per heavy atom. The third-order valence-corrected chi connectivity index (χ3v) is 3.43. The molecule has 106 valence electrons. The summed E-state index contributed by atoms with van der Waals surface area (Å²) in [5, 5.41) is 19.1. The summed E-state index contributed by atoms with van der Waals surface area (Å²) in [6.07, 6.45) is 1.54. The molecule has 0 unspecified atom stereocenters. The van der Waals surface area contributed by atoms with Gasteiger partial charge in [-0.1, -0.05) is 5.16 Å². The van der Waals surface area contributed by atoms with Gasteiger partial charge in [0.25, 0.3) is 0 Å². The largest absolute Gasteiger partial charge is 0.409 e. The molecule has 0 amide bonds. The molecule has 0 fully saturated rings. The SMILES string of the molecule is CC(C)n1c(Sc2cc(C(N)=NO)ccn2)n[nH]c1=O. The van der Waals surface area contributed by atoms with Crippen LogP contribution in [0.5, 0.6) is 0 Å². The first-order chi connectivity index (χ1) is 9.52. The van der Waals surface area contributed by atoms with E-state index >= 15 is 0 Å². The van der Waals surface area contributed by atoms with Crippen LogP contribution in [0.25, 0.3) is 0 Å². The van der Waals surface area contributed by atoms with E-state index in [2.05, 4.69) is 20.3 Å². The predicted octanol–water partition coefficient (Wildman–Crippen LogP) is 0.793. The fourth-order valence-corrected chi connectivity index (χ4v) is 2.56. The molecule has 0 aliphatic heterocycles. The molecule has 0 bridgehead atoms. The molecule has 20 heavy (non-hydrogen) atoms. The normalized spacial score (nSPS) is 12.1. The van der Waals surface area contributed by atoms with Gasteiger partial charge >= 0.3 is 5.69 Å². The standard InChI is InChI=1S/C11H14N6O2S/c1-6(2)17-10(18)14-15-11(17)20-8-5-7(3-4-13-8)9(12)16-19/h3-6,19H,1-2H3,(H2,12,16)(H,14,18). The van der Waals surface area contributed by atoms with Crippen molar-refractivity contribution < 1.29 is 5.21 Å². The first-order valence-corrected chi connectivity index (χ1v) is 6.63. The van der Waals surface area contributed by atoms with Crippen molar-refractivity contribution in [1.82, 2.24) is 19.7 Å². The Morgan fingerprint density at radius 3 is 3.00 bits per heavy atom. The van der Waals surface area contributed by atoms with Gasteiger partial charge in [-0.25, -0.2) is 14.9 Å². The number of aromatic nitrogens is 4. The molecule has 2 heterocycles. The molecular formula is C11H14N6O2S. The molecule has 4 N–H and O–H groups in total. The Labute approximate surface area is 118 Å². The Kier molecular flexibility index (Phi) is 4.08. The third-order valence-electron chi connectivity index (χ3n) is 2.52. The number of aromatic amines is 1. The average molecular weight is 294 g/mol. The van der Waals surface area contributed by atoms with Crippen LogP contribution in [0.2, 0.25) is 0 Å². The summed E-state index contributed by atoms with van der Waals surface area (Å²) < 4.78 is 1.53. The van der Waals surface area contributed by atoms with Gasteiger partial charge in [-0.05, 0) is 37.7 Å². The zero-order valence-electron chi connectivity index (χ0n) is 10.9. The van der Waals surface area contributed by atoms with Gasteiger partial charge in [-0.3, -0.25) is 4.57 Å². The van der Waals surface area contributed by atoms with Gasteiger partial charge in [0.1, 0.15) is 5.03 Å². The van der Waals surface area contributed by atoms with Crippen molar-refractivity contribution >= 4 is 17.6 Å². The fourth-order valence-electron chi connectivity index (χ4n) is 1.59. The number of oxime groups is 1. The van der Waals surface area contributed by atoms with Crippen LogP contribution in [0.3, 0.4) is 0 Å². The number of nitrogens with zero attached hydrogens (tertiary/aromatic N) is 4. The molecule has 0 aliphatic rings. The Hall–Kier alpha value is -2.29. The van der Waals surface area contributed by atoms with E-state index in [0.29, 0.717) is 15.7 Å². The monoisotopic (exact) mass is 294 g/mol. The molecule has 2 aromatic heterocycles. The molecule has 0 aliphatic carbocycles. The maximum absolute atomic E-state index is 11.6. The second kappa shape index (κ2) is 5.78. The van der Waals surface area contributed by atoms with Crippen molar-refractivity contribution in [2.24, 2.45) is 10.9 Å². The van der Waals surface area contributed by atoms with Gasteiger partial charge in [0, 0.05) is 17.8 Å². The van der Waals surface area contributed by atoms with E-state index in [1.54, 1.807) is 18.3 Å². The van der Waals surface area contributed by atoms with Gasteiger partial charge in [0.05, 0.1) is 0 Å². The maximum Gasteiger partial charge on any atom is 0.344 e. The lowest BCUT2D eigenvalue weighted by Crippen LogP contribution is -2.19. The molecule has 0 spiro atoms. The zero-order chi connectivity index (χ0) is 14.7. The summed E-state index contributed by atoms with van der Waals surface area (Å²) >= 11 is 1.22. The molecule has 0 saturated heterocycles. The van der Waals surface area contributed by atoms with Crippen LogP contribution >= 0.6 is 11.8 Å². The molecule has 9 heteroatoms. The maximum atomic E-state index is 11.6. The van der Waals surface area contributed by atoms with Crippen molar-refractivity contribution in [2.45, 2.75) is 30.1 Å². The molecule has 8 nitrogen and oxygen atoms in total. The van der Waals surface area contributed by atoms with Gasteiger partial charge in [-0.15, -0.1) is 5.10 Å². The molecule has 0 aromatic carbocycles. The second-order valence-corrected chi connectivity index (χ2v) is 5.23. The number of hydrogen-bond acceptors (Lipinski definition) is 6. The van der Waals surface area contributed by atoms with Gasteiger partial charge < -0.3 is 10.9 Å². The number of rotatable bonds is 4. The van der Waals surface area contributed by atoms with Crippen molar-refractivity contribution in [2.75, 3.05) is 0 Å². The van der Waals surface area contributed by atoms with E-state index in [-0.39, 0.29) is 17.6 Å². The minimum atomic E-state index is -0.268. The minimum Gasteiger partial charge on any atom is -0.409 e. The third kappa shape index (κ3) is 2.82. The van der Waals surface area contributed by atoms with Gasteiger partial charge in [-0.2, -0.15) is 0 Å². The van der Waals surface area contributed by atoms with E-state index in [9.17, 15) is 4.79 Å². The van der Waals surface area contributed by atoms with Crippen LogP contribution in [0, 0.1) is 0 Å². The quantitative estimate of drug-likeness (QED) is 0.332. The molecule has 2 rings (SSSR count). The average Bonchev–Trinajstić information content (AvgIpc) is 2.79. The van der Waals surface area contributed by atoms with E-state index in [1.165, 1.54) is 16.3 Å². The van der Waals surface area contributed by atoms with Crippen LogP contribution in [-0.2, 0) is 0 Å². The number of nitrogens with two attached hydrogens (primary N) is 1.